The molecule has 1 aromatic carbocycles. The Morgan fingerprint density at radius 2 is 1.97 bits per heavy atom. The van der Waals surface area contributed by atoms with E-state index in [1.165, 1.54) is 0 Å². The molecule has 5 rings (SSSR count). The van der Waals surface area contributed by atoms with Gasteiger partial charge in [-0.25, -0.2) is 4.98 Å². The van der Waals surface area contributed by atoms with Crippen molar-refractivity contribution in [3.63, 3.8) is 0 Å². The number of thiophene rings is 1. The second-order valence-corrected chi connectivity index (χ2v) is 17.6. The maximum atomic E-state index is 13.9. The Kier molecular flexibility index (Phi) is 7.87. The van der Waals surface area contributed by atoms with Gasteiger partial charge in [0.1, 0.15) is 12.4 Å². The lowest BCUT2D eigenvalue weighted by atomic mass is 10.0. The van der Waals surface area contributed by atoms with Crippen molar-refractivity contribution in [1.82, 2.24) is 19.4 Å². The molecule has 0 radical (unpaired) electrons. The molecule has 37 heavy (non-hydrogen) atoms. The summed E-state index contributed by atoms with van der Waals surface area (Å²) in [5.74, 6) is 0.558. The molecule has 3 aromatic heterocycles. The summed E-state index contributed by atoms with van der Waals surface area (Å²) in [6.07, 6.45) is 2.75. The molecule has 0 saturated carbocycles. The monoisotopic (exact) mass is 536 g/mol. The highest BCUT2D eigenvalue weighted by atomic mass is 32.1. The molecule has 9 heteroatoms. The van der Waals surface area contributed by atoms with Crippen LogP contribution in [-0.2, 0) is 22.6 Å². The van der Waals surface area contributed by atoms with Crippen LogP contribution >= 0.6 is 11.3 Å². The second kappa shape index (κ2) is 11.1. The van der Waals surface area contributed by atoms with Gasteiger partial charge in [0.25, 0.3) is 5.56 Å². The van der Waals surface area contributed by atoms with Crippen LogP contribution in [0.4, 0.5) is 0 Å². The first-order valence-electron chi connectivity index (χ1n) is 13.0. The fourth-order valence-electron chi connectivity index (χ4n) is 4.67. The van der Waals surface area contributed by atoms with Gasteiger partial charge in [-0.1, -0.05) is 25.7 Å². The zero-order chi connectivity index (χ0) is 26.0. The van der Waals surface area contributed by atoms with Gasteiger partial charge < -0.3 is 9.47 Å². The molecule has 1 aliphatic heterocycles. The molecule has 7 nitrogen and oxygen atoms in total. The van der Waals surface area contributed by atoms with Crippen molar-refractivity contribution in [2.75, 3.05) is 39.5 Å². The van der Waals surface area contributed by atoms with Crippen LogP contribution in [0.15, 0.2) is 40.6 Å². The molecule has 196 valence electrons. The number of rotatable bonds is 9. The topological polar surface area (TPSA) is 69.5 Å². The Bertz CT molecular complexity index is 1450. The number of aromatic nitrogens is 3. The molecule has 0 amide bonds. The van der Waals surface area contributed by atoms with E-state index in [1.54, 1.807) is 15.9 Å². The molecular formula is C28H36N4O3SSi. The summed E-state index contributed by atoms with van der Waals surface area (Å²) in [6.45, 7) is 14.3. The maximum Gasteiger partial charge on any atom is 0.263 e. The number of nitrogens with zero attached hydrogens (tertiary/aromatic N) is 4. The van der Waals surface area contributed by atoms with Crippen molar-refractivity contribution in [2.45, 2.75) is 45.8 Å². The fraction of sp³-hybridized carbons (Fsp3) is 0.464. The Morgan fingerprint density at radius 3 is 2.76 bits per heavy atom. The molecule has 4 heterocycles. The largest absolute Gasteiger partial charge is 0.379 e. The molecule has 1 fully saturated rings. The summed E-state index contributed by atoms with van der Waals surface area (Å²) >= 11 is 1.66. The van der Waals surface area contributed by atoms with E-state index in [0.29, 0.717) is 23.5 Å². The van der Waals surface area contributed by atoms with Crippen molar-refractivity contribution in [1.29, 1.82) is 0 Å². The van der Waals surface area contributed by atoms with Crippen LogP contribution in [0, 0.1) is 6.92 Å². The predicted octanol–water partition coefficient (Wildman–Crippen LogP) is 5.17. The number of morpholine rings is 1. The van der Waals surface area contributed by atoms with Crippen molar-refractivity contribution in [2.24, 2.45) is 0 Å². The first-order chi connectivity index (χ1) is 17.8. The lowest BCUT2D eigenvalue weighted by molar-refractivity contribution is 0.0384. The minimum atomic E-state index is -1.24. The SMILES string of the molecule is Cc1cc(CCN2CCOCC2)cc2c(=O)n(COCC[Si](C)(C)C)c(-c3cc4ccsc4cn3)nc12. The average Bonchev–Trinajstić information content (AvgIpc) is 3.35. The molecule has 4 aromatic rings. The minimum absolute atomic E-state index is 0.0726. The first-order valence-corrected chi connectivity index (χ1v) is 17.6. The number of fused-ring (bicyclic) bond motifs is 2. The number of hydrogen-bond donors (Lipinski definition) is 0. The zero-order valence-electron chi connectivity index (χ0n) is 22.2. The number of ether oxygens (including phenoxy) is 2. The average molecular weight is 537 g/mol. The lowest BCUT2D eigenvalue weighted by Gasteiger charge is -2.26. The number of pyridine rings is 1. The van der Waals surface area contributed by atoms with E-state index < -0.39 is 8.07 Å². The van der Waals surface area contributed by atoms with Gasteiger partial charge in [0.2, 0.25) is 0 Å². The molecule has 1 saturated heterocycles. The molecular weight excluding hydrogens is 500 g/mol. The highest BCUT2D eigenvalue weighted by Crippen LogP contribution is 2.26. The van der Waals surface area contributed by atoms with Crippen molar-refractivity contribution < 1.29 is 9.47 Å². The number of hydrogen-bond acceptors (Lipinski definition) is 7. The van der Waals surface area contributed by atoms with Crippen LogP contribution < -0.4 is 5.56 Å². The van der Waals surface area contributed by atoms with Gasteiger partial charge in [0, 0.05) is 40.5 Å². The Balaban J connectivity index is 1.52. The number of benzene rings is 1. The quantitative estimate of drug-likeness (QED) is 0.217. The lowest BCUT2D eigenvalue weighted by Crippen LogP contribution is -2.37. The summed E-state index contributed by atoms with van der Waals surface area (Å²) in [4.78, 5) is 26.1. The normalized spacial score (nSPS) is 15.1. The standard InChI is InChI=1S/C28H36N4O3SSi/c1-20-15-21(5-7-31-8-10-34-11-9-31)16-23-26(20)30-27(24-17-22-6-13-36-25(22)18-29-24)32(28(23)33)19-35-12-14-37(2,3)4/h6,13,15-18H,5,7-12,14,19H2,1-4H3. The van der Waals surface area contributed by atoms with Crippen LogP contribution in [0.2, 0.25) is 25.7 Å². The van der Waals surface area contributed by atoms with E-state index in [2.05, 4.69) is 47.0 Å². The first kappa shape index (κ1) is 26.2. The molecule has 0 unspecified atom stereocenters. The third kappa shape index (κ3) is 6.18. The third-order valence-corrected chi connectivity index (χ3v) is 9.49. The van der Waals surface area contributed by atoms with Gasteiger partial charge in [-0.3, -0.25) is 19.2 Å². The van der Waals surface area contributed by atoms with E-state index in [-0.39, 0.29) is 12.3 Å². The highest BCUT2D eigenvalue weighted by Gasteiger charge is 2.18. The van der Waals surface area contributed by atoms with E-state index >= 15 is 0 Å². The van der Waals surface area contributed by atoms with Crippen LogP contribution in [0.25, 0.3) is 32.5 Å². The van der Waals surface area contributed by atoms with Gasteiger partial charge in [0.05, 0.1) is 28.8 Å². The van der Waals surface area contributed by atoms with Crippen LogP contribution in [-0.4, -0.2) is 67.0 Å². The molecule has 1 aliphatic rings. The smallest absolute Gasteiger partial charge is 0.263 e. The summed E-state index contributed by atoms with van der Waals surface area (Å²) in [5.41, 5.74) is 3.52. The molecule has 0 spiro atoms. The van der Waals surface area contributed by atoms with Gasteiger partial charge in [-0.2, -0.15) is 0 Å². The van der Waals surface area contributed by atoms with Crippen LogP contribution in [0.3, 0.4) is 0 Å². The molecule has 0 N–H and O–H groups in total. The second-order valence-electron chi connectivity index (χ2n) is 11.1. The minimum Gasteiger partial charge on any atom is -0.379 e. The van der Waals surface area contributed by atoms with Crippen molar-refractivity contribution in [3.05, 3.63) is 57.3 Å². The van der Waals surface area contributed by atoms with Crippen LogP contribution in [0.1, 0.15) is 11.1 Å². The van der Waals surface area contributed by atoms with Crippen LogP contribution in [0.5, 0.6) is 0 Å². The number of aryl methyl sites for hydroxylation is 1. The highest BCUT2D eigenvalue weighted by molar-refractivity contribution is 7.17. The third-order valence-electron chi connectivity index (χ3n) is 6.92. The van der Waals surface area contributed by atoms with E-state index in [1.807, 2.05) is 25.3 Å². The van der Waals surface area contributed by atoms with Gasteiger partial charge in [-0.05, 0) is 59.5 Å². The summed E-state index contributed by atoms with van der Waals surface area (Å²) < 4.78 is 14.3. The Morgan fingerprint density at radius 1 is 1.16 bits per heavy atom. The molecule has 0 aliphatic carbocycles. The predicted molar refractivity (Wildman–Crippen MR) is 154 cm³/mol. The fourth-order valence-corrected chi connectivity index (χ4v) is 6.16. The van der Waals surface area contributed by atoms with E-state index in [9.17, 15) is 4.79 Å². The summed E-state index contributed by atoms with van der Waals surface area (Å²) in [6, 6.07) is 9.33. The van der Waals surface area contributed by atoms with Gasteiger partial charge in [0.15, 0.2) is 5.82 Å². The van der Waals surface area contributed by atoms with Crippen molar-refractivity contribution >= 4 is 40.4 Å². The van der Waals surface area contributed by atoms with Crippen molar-refractivity contribution in [3.8, 4) is 11.5 Å². The molecule has 0 atom stereocenters. The Labute approximate surface area is 223 Å². The Hall–Kier alpha value is -2.43. The maximum absolute atomic E-state index is 13.9. The van der Waals surface area contributed by atoms with E-state index in [4.69, 9.17) is 14.5 Å². The van der Waals surface area contributed by atoms with Gasteiger partial charge in [-0.15, -0.1) is 11.3 Å². The zero-order valence-corrected chi connectivity index (χ0v) is 24.1. The van der Waals surface area contributed by atoms with Gasteiger partial charge >= 0.3 is 0 Å². The summed E-state index contributed by atoms with van der Waals surface area (Å²) in [7, 11) is -1.24. The van der Waals surface area contributed by atoms with E-state index in [0.717, 1.165) is 72.0 Å². The summed E-state index contributed by atoms with van der Waals surface area (Å²) in [5, 5.41) is 3.80. The molecule has 0 bridgehead atoms.